The Hall–Kier alpha value is -0.280. The van der Waals surface area contributed by atoms with Crippen molar-refractivity contribution in [3.63, 3.8) is 0 Å². The van der Waals surface area contributed by atoms with Gasteiger partial charge in [-0.25, -0.2) is 0 Å². The average Bonchev–Trinajstić information content (AvgIpc) is 2.19. The lowest BCUT2D eigenvalue weighted by Crippen LogP contribution is -2.17. The number of hydrogen-bond donors (Lipinski definition) is 0. The number of ether oxygens (including phenoxy) is 2. The third-order valence-corrected chi connectivity index (χ3v) is 2.61. The Bertz CT molecular complexity index is 322. The summed E-state index contributed by atoms with van der Waals surface area (Å²) in [5, 5.41) is 1.21. The molecule has 0 bridgehead atoms. The molecule has 0 N–H and O–H groups in total. The van der Waals surface area contributed by atoms with Crippen molar-refractivity contribution in [2.75, 3.05) is 13.2 Å². The van der Waals surface area contributed by atoms with Crippen LogP contribution >= 0.6 is 23.2 Å². The lowest BCUT2D eigenvalue weighted by molar-refractivity contribution is -0.182. The van der Waals surface area contributed by atoms with Crippen LogP contribution in [0.25, 0.3) is 0 Å². The van der Waals surface area contributed by atoms with Crippen LogP contribution in [-0.2, 0) is 9.47 Å². The maximum Gasteiger partial charge on any atom is 0.185 e. The van der Waals surface area contributed by atoms with Crippen LogP contribution in [0.15, 0.2) is 18.2 Å². The fraction of sp³-hybridized carbons (Fsp3) is 0.400. The van der Waals surface area contributed by atoms with Crippen LogP contribution in [0.4, 0.5) is 0 Å². The first-order chi connectivity index (χ1) is 6.77. The molecule has 0 saturated carbocycles. The molecule has 1 aliphatic rings. The molecule has 0 unspecified atom stereocenters. The Balaban J connectivity index is 2.22. The Morgan fingerprint density at radius 1 is 1.14 bits per heavy atom. The molecule has 0 amide bonds. The van der Waals surface area contributed by atoms with E-state index in [2.05, 4.69) is 0 Å². The molecule has 76 valence electrons. The van der Waals surface area contributed by atoms with Crippen LogP contribution in [-0.4, -0.2) is 13.2 Å². The third kappa shape index (κ3) is 2.20. The molecule has 1 aliphatic heterocycles. The second-order valence-corrected chi connectivity index (χ2v) is 3.94. The van der Waals surface area contributed by atoms with E-state index in [0.29, 0.717) is 23.3 Å². The smallest absolute Gasteiger partial charge is 0.185 e. The van der Waals surface area contributed by atoms with E-state index in [4.69, 9.17) is 32.7 Å². The summed E-state index contributed by atoms with van der Waals surface area (Å²) >= 11 is 11.8. The largest absolute Gasteiger partial charge is 0.348 e. The van der Waals surface area contributed by atoms with Gasteiger partial charge in [-0.15, -0.1) is 0 Å². The van der Waals surface area contributed by atoms with E-state index >= 15 is 0 Å². The zero-order valence-corrected chi connectivity index (χ0v) is 9.02. The summed E-state index contributed by atoms with van der Waals surface area (Å²) < 4.78 is 10.9. The van der Waals surface area contributed by atoms with Gasteiger partial charge in [-0.2, -0.15) is 0 Å². The first-order valence-electron chi connectivity index (χ1n) is 4.45. The lowest BCUT2D eigenvalue weighted by atomic mass is 10.2. The SMILES string of the molecule is Clc1ccc(C2OCCCO2)c(Cl)c1. The average molecular weight is 233 g/mol. The standard InChI is InChI=1S/C10H10Cl2O2/c11-7-2-3-8(9(12)6-7)10-13-4-1-5-14-10/h2-3,6,10H,1,4-5H2. The molecule has 0 aliphatic carbocycles. The monoisotopic (exact) mass is 232 g/mol. The van der Waals surface area contributed by atoms with Gasteiger partial charge >= 0.3 is 0 Å². The van der Waals surface area contributed by atoms with E-state index in [0.717, 1.165) is 12.0 Å². The molecule has 0 radical (unpaired) electrons. The van der Waals surface area contributed by atoms with Crippen molar-refractivity contribution >= 4 is 23.2 Å². The highest BCUT2D eigenvalue weighted by Crippen LogP contribution is 2.30. The normalized spacial score (nSPS) is 18.4. The molecule has 2 rings (SSSR count). The summed E-state index contributed by atoms with van der Waals surface area (Å²) in [6.07, 6.45) is 0.593. The first-order valence-corrected chi connectivity index (χ1v) is 5.21. The predicted molar refractivity (Wildman–Crippen MR) is 55.7 cm³/mol. The number of benzene rings is 1. The highest BCUT2D eigenvalue weighted by atomic mass is 35.5. The predicted octanol–water partition coefficient (Wildman–Crippen LogP) is 3.43. The minimum absolute atomic E-state index is 0.339. The fourth-order valence-electron chi connectivity index (χ4n) is 1.36. The minimum Gasteiger partial charge on any atom is -0.348 e. The van der Waals surface area contributed by atoms with Crippen LogP contribution < -0.4 is 0 Å². The van der Waals surface area contributed by atoms with E-state index in [9.17, 15) is 0 Å². The molecule has 4 heteroatoms. The molecular formula is C10H10Cl2O2. The molecular weight excluding hydrogens is 223 g/mol. The summed E-state index contributed by atoms with van der Waals surface area (Å²) in [5.74, 6) is 0. The van der Waals surface area contributed by atoms with Gasteiger partial charge in [0.2, 0.25) is 0 Å². The molecule has 0 aromatic heterocycles. The Morgan fingerprint density at radius 2 is 1.86 bits per heavy atom. The van der Waals surface area contributed by atoms with E-state index < -0.39 is 0 Å². The molecule has 2 nitrogen and oxygen atoms in total. The molecule has 0 atom stereocenters. The Kier molecular flexibility index (Phi) is 3.29. The summed E-state index contributed by atoms with van der Waals surface area (Å²) in [6.45, 7) is 1.42. The Morgan fingerprint density at radius 3 is 2.50 bits per heavy atom. The summed E-state index contributed by atoms with van der Waals surface area (Å²) in [4.78, 5) is 0. The maximum atomic E-state index is 6.02. The molecule has 1 heterocycles. The Labute approximate surface area is 92.7 Å². The van der Waals surface area contributed by atoms with Gasteiger partial charge in [-0.3, -0.25) is 0 Å². The van der Waals surface area contributed by atoms with E-state index in [-0.39, 0.29) is 6.29 Å². The molecule has 0 spiro atoms. The summed E-state index contributed by atoms with van der Waals surface area (Å²) in [6, 6.07) is 5.31. The minimum atomic E-state index is -0.339. The second-order valence-electron chi connectivity index (χ2n) is 3.09. The van der Waals surface area contributed by atoms with Gasteiger partial charge in [0, 0.05) is 10.6 Å². The van der Waals surface area contributed by atoms with Crippen LogP contribution in [0.3, 0.4) is 0 Å². The molecule has 1 saturated heterocycles. The quantitative estimate of drug-likeness (QED) is 0.739. The van der Waals surface area contributed by atoms with Crippen LogP contribution in [0.2, 0.25) is 10.0 Å². The van der Waals surface area contributed by atoms with Gasteiger partial charge in [-0.1, -0.05) is 29.3 Å². The topological polar surface area (TPSA) is 18.5 Å². The van der Waals surface area contributed by atoms with Crippen molar-refractivity contribution in [3.05, 3.63) is 33.8 Å². The van der Waals surface area contributed by atoms with Gasteiger partial charge < -0.3 is 9.47 Å². The van der Waals surface area contributed by atoms with Crippen molar-refractivity contribution in [1.82, 2.24) is 0 Å². The summed E-state index contributed by atoms with van der Waals surface area (Å²) in [7, 11) is 0. The summed E-state index contributed by atoms with van der Waals surface area (Å²) in [5.41, 5.74) is 0.843. The van der Waals surface area contributed by atoms with Gasteiger partial charge in [-0.05, 0) is 18.6 Å². The van der Waals surface area contributed by atoms with Gasteiger partial charge in [0.1, 0.15) is 0 Å². The van der Waals surface area contributed by atoms with Gasteiger partial charge in [0.25, 0.3) is 0 Å². The van der Waals surface area contributed by atoms with E-state index in [1.807, 2.05) is 6.07 Å². The maximum absolute atomic E-state index is 6.02. The van der Waals surface area contributed by atoms with E-state index in [1.54, 1.807) is 12.1 Å². The van der Waals surface area contributed by atoms with Gasteiger partial charge in [0.05, 0.1) is 18.2 Å². The molecule has 1 aromatic carbocycles. The zero-order valence-electron chi connectivity index (χ0n) is 7.50. The molecule has 1 fully saturated rings. The van der Waals surface area contributed by atoms with Crippen molar-refractivity contribution in [1.29, 1.82) is 0 Å². The van der Waals surface area contributed by atoms with Crippen LogP contribution in [0, 0.1) is 0 Å². The second kappa shape index (κ2) is 4.49. The highest BCUT2D eigenvalue weighted by Gasteiger charge is 2.19. The number of rotatable bonds is 1. The van der Waals surface area contributed by atoms with E-state index in [1.165, 1.54) is 0 Å². The van der Waals surface area contributed by atoms with Gasteiger partial charge in [0.15, 0.2) is 6.29 Å². The number of halogens is 2. The van der Waals surface area contributed by atoms with Crippen molar-refractivity contribution in [2.24, 2.45) is 0 Å². The van der Waals surface area contributed by atoms with Crippen molar-refractivity contribution in [2.45, 2.75) is 12.7 Å². The molecule has 1 aromatic rings. The molecule has 14 heavy (non-hydrogen) atoms. The number of hydrogen-bond acceptors (Lipinski definition) is 2. The third-order valence-electron chi connectivity index (χ3n) is 2.04. The van der Waals surface area contributed by atoms with Crippen molar-refractivity contribution < 1.29 is 9.47 Å². The van der Waals surface area contributed by atoms with Crippen LogP contribution in [0.5, 0.6) is 0 Å². The lowest BCUT2D eigenvalue weighted by Gasteiger charge is -2.24. The first kappa shape index (κ1) is 10.2. The highest BCUT2D eigenvalue weighted by molar-refractivity contribution is 6.35. The van der Waals surface area contributed by atoms with Crippen LogP contribution in [0.1, 0.15) is 18.3 Å². The zero-order chi connectivity index (χ0) is 9.97. The fourth-order valence-corrected chi connectivity index (χ4v) is 1.86. The van der Waals surface area contributed by atoms with Crippen molar-refractivity contribution in [3.8, 4) is 0 Å².